The predicted octanol–water partition coefficient (Wildman–Crippen LogP) is 2.39. The van der Waals surface area contributed by atoms with Crippen LogP contribution in [0.1, 0.15) is 15.4 Å². The molecule has 0 unspecified atom stereocenters. The van der Waals surface area contributed by atoms with Gasteiger partial charge in [-0.05, 0) is 36.7 Å². The zero-order valence-corrected chi connectivity index (χ0v) is 14.1. The van der Waals surface area contributed by atoms with Gasteiger partial charge in [-0.3, -0.25) is 4.79 Å². The van der Waals surface area contributed by atoms with Crippen LogP contribution in [0.4, 0.5) is 4.39 Å². The van der Waals surface area contributed by atoms with Gasteiger partial charge in [0.1, 0.15) is 10.7 Å². The van der Waals surface area contributed by atoms with Crippen molar-refractivity contribution >= 4 is 39.0 Å². The standard InChI is InChI=1S/C14H13FN4O2S2/c1-8-12(23-18-17-8)13(20)16-14-19(5-6-21-2)10-4-3-9(15)7-11(10)22-14/h3-4,7H,5-6H2,1-2H3. The summed E-state index contributed by atoms with van der Waals surface area (Å²) in [7, 11) is 1.60. The van der Waals surface area contributed by atoms with Crippen molar-refractivity contribution in [3.05, 3.63) is 39.4 Å². The molecule has 1 aromatic carbocycles. The number of ether oxygens (including phenoxy) is 1. The van der Waals surface area contributed by atoms with E-state index in [0.717, 1.165) is 21.7 Å². The number of methoxy groups -OCH3 is 1. The quantitative estimate of drug-likeness (QED) is 0.723. The smallest absolute Gasteiger partial charge is 0.293 e. The van der Waals surface area contributed by atoms with Gasteiger partial charge in [-0.15, -0.1) is 5.10 Å². The Labute approximate surface area is 139 Å². The molecule has 23 heavy (non-hydrogen) atoms. The minimum Gasteiger partial charge on any atom is -0.383 e. The number of nitrogens with zero attached hydrogens (tertiary/aromatic N) is 4. The van der Waals surface area contributed by atoms with Crippen molar-refractivity contribution in [2.24, 2.45) is 4.99 Å². The van der Waals surface area contributed by atoms with Crippen LogP contribution in [0, 0.1) is 12.7 Å². The Morgan fingerprint density at radius 2 is 2.30 bits per heavy atom. The lowest BCUT2D eigenvalue weighted by Gasteiger charge is -2.03. The normalized spacial score (nSPS) is 12.2. The van der Waals surface area contributed by atoms with Gasteiger partial charge >= 0.3 is 0 Å². The highest BCUT2D eigenvalue weighted by molar-refractivity contribution is 7.16. The Balaban J connectivity index is 2.13. The lowest BCUT2D eigenvalue weighted by Crippen LogP contribution is -2.19. The van der Waals surface area contributed by atoms with Gasteiger partial charge in [-0.1, -0.05) is 15.8 Å². The molecule has 6 nitrogen and oxygen atoms in total. The van der Waals surface area contributed by atoms with Crippen molar-refractivity contribution in [3.8, 4) is 0 Å². The van der Waals surface area contributed by atoms with E-state index in [0.29, 0.717) is 28.5 Å². The van der Waals surface area contributed by atoms with Gasteiger partial charge in [0.05, 0.1) is 22.5 Å². The number of aryl methyl sites for hydroxylation is 1. The molecule has 3 aromatic rings. The molecule has 2 aromatic heterocycles. The summed E-state index contributed by atoms with van der Waals surface area (Å²) in [5.74, 6) is -0.714. The predicted molar refractivity (Wildman–Crippen MR) is 86.2 cm³/mol. The van der Waals surface area contributed by atoms with E-state index in [1.165, 1.54) is 23.5 Å². The highest BCUT2D eigenvalue weighted by Gasteiger charge is 2.14. The third-order valence-electron chi connectivity index (χ3n) is 3.21. The summed E-state index contributed by atoms with van der Waals surface area (Å²) in [6.45, 7) is 2.70. The fraction of sp³-hybridized carbons (Fsp3) is 0.286. The van der Waals surface area contributed by atoms with Crippen LogP contribution >= 0.6 is 22.9 Å². The van der Waals surface area contributed by atoms with Gasteiger partial charge in [0.2, 0.25) is 0 Å². The molecule has 120 valence electrons. The van der Waals surface area contributed by atoms with Crippen LogP contribution in [0.25, 0.3) is 10.2 Å². The van der Waals surface area contributed by atoms with Crippen molar-refractivity contribution < 1.29 is 13.9 Å². The molecule has 0 aliphatic carbocycles. The number of aromatic nitrogens is 3. The number of amides is 1. The first kappa shape index (κ1) is 15.9. The first-order chi connectivity index (χ1) is 11.1. The van der Waals surface area contributed by atoms with Crippen molar-refractivity contribution in [1.29, 1.82) is 0 Å². The molecule has 0 spiro atoms. The van der Waals surface area contributed by atoms with E-state index >= 15 is 0 Å². The number of thiazole rings is 1. The minimum atomic E-state index is -0.393. The van der Waals surface area contributed by atoms with Crippen LogP contribution in [0.2, 0.25) is 0 Å². The number of carbonyl (C=O) groups is 1. The monoisotopic (exact) mass is 352 g/mol. The summed E-state index contributed by atoms with van der Waals surface area (Å²) in [5, 5.41) is 3.82. The molecule has 0 bridgehead atoms. The maximum atomic E-state index is 13.4. The van der Waals surface area contributed by atoms with E-state index in [1.807, 2.05) is 4.57 Å². The number of halogens is 1. The van der Waals surface area contributed by atoms with Gasteiger partial charge in [0.25, 0.3) is 5.91 Å². The highest BCUT2D eigenvalue weighted by Crippen LogP contribution is 2.19. The number of hydrogen-bond acceptors (Lipinski definition) is 6. The van der Waals surface area contributed by atoms with Gasteiger partial charge in [0, 0.05) is 13.7 Å². The van der Waals surface area contributed by atoms with Crippen molar-refractivity contribution in [1.82, 2.24) is 14.2 Å². The van der Waals surface area contributed by atoms with Crippen molar-refractivity contribution in [3.63, 3.8) is 0 Å². The molecule has 0 N–H and O–H groups in total. The van der Waals surface area contributed by atoms with Crippen LogP contribution in [-0.2, 0) is 11.3 Å². The molecule has 9 heteroatoms. The summed E-state index contributed by atoms with van der Waals surface area (Å²) in [4.78, 5) is 17.4. The summed E-state index contributed by atoms with van der Waals surface area (Å²) >= 11 is 2.28. The fourth-order valence-electron chi connectivity index (χ4n) is 2.10. The van der Waals surface area contributed by atoms with E-state index < -0.39 is 5.91 Å². The van der Waals surface area contributed by atoms with E-state index in [4.69, 9.17) is 4.74 Å². The van der Waals surface area contributed by atoms with Gasteiger partial charge in [-0.2, -0.15) is 4.99 Å². The third kappa shape index (κ3) is 3.21. The van der Waals surface area contributed by atoms with E-state index in [9.17, 15) is 9.18 Å². The Kier molecular flexibility index (Phi) is 4.60. The lowest BCUT2D eigenvalue weighted by atomic mass is 10.3. The van der Waals surface area contributed by atoms with Crippen molar-refractivity contribution in [2.45, 2.75) is 13.5 Å². The maximum Gasteiger partial charge on any atom is 0.293 e. The second-order valence-electron chi connectivity index (χ2n) is 4.75. The number of hydrogen-bond donors (Lipinski definition) is 0. The molecular weight excluding hydrogens is 339 g/mol. The first-order valence-corrected chi connectivity index (χ1v) is 8.35. The maximum absolute atomic E-state index is 13.4. The molecule has 0 saturated heterocycles. The zero-order chi connectivity index (χ0) is 16.4. The van der Waals surface area contributed by atoms with Gasteiger partial charge < -0.3 is 9.30 Å². The van der Waals surface area contributed by atoms with Gasteiger partial charge in [0.15, 0.2) is 4.80 Å². The molecule has 0 fully saturated rings. The fourth-order valence-corrected chi connectivity index (χ4v) is 3.72. The lowest BCUT2D eigenvalue weighted by molar-refractivity contribution is 0.100. The Hall–Kier alpha value is -1.97. The topological polar surface area (TPSA) is 69.4 Å². The Morgan fingerprint density at radius 1 is 1.48 bits per heavy atom. The average molecular weight is 352 g/mol. The zero-order valence-electron chi connectivity index (χ0n) is 12.4. The van der Waals surface area contributed by atoms with Crippen LogP contribution < -0.4 is 4.80 Å². The SMILES string of the molecule is COCCn1c(=NC(=O)c2snnc2C)sc2cc(F)ccc21. The van der Waals surface area contributed by atoms with Crippen LogP contribution in [-0.4, -0.2) is 33.8 Å². The Bertz CT molecular complexity index is 928. The molecule has 0 saturated carbocycles. The number of rotatable bonds is 4. The molecule has 0 aliphatic heterocycles. The summed E-state index contributed by atoms with van der Waals surface area (Å²) in [6.07, 6.45) is 0. The number of benzene rings is 1. The van der Waals surface area contributed by atoms with E-state index in [2.05, 4.69) is 14.6 Å². The number of carbonyl (C=O) groups excluding carboxylic acids is 1. The second kappa shape index (κ2) is 6.65. The van der Waals surface area contributed by atoms with Crippen LogP contribution in [0.5, 0.6) is 0 Å². The molecule has 0 atom stereocenters. The summed E-state index contributed by atoms with van der Waals surface area (Å²) in [6, 6.07) is 4.51. The molecule has 0 aliphatic rings. The number of fused-ring (bicyclic) bond motifs is 1. The summed E-state index contributed by atoms with van der Waals surface area (Å²) in [5.41, 5.74) is 1.37. The average Bonchev–Trinajstić information content (AvgIpc) is 3.08. The molecular formula is C14H13FN4O2S2. The molecule has 1 amide bonds. The second-order valence-corrected chi connectivity index (χ2v) is 6.51. The molecule has 3 rings (SSSR count). The van der Waals surface area contributed by atoms with Gasteiger partial charge in [-0.25, -0.2) is 4.39 Å². The first-order valence-electron chi connectivity index (χ1n) is 6.76. The van der Waals surface area contributed by atoms with Crippen LogP contribution in [0.3, 0.4) is 0 Å². The van der Waals surface area contributed by atoms with Crippen molar-refractivity contribution in [2.75, 3.05) is 13.7 Å². The minimum absolute atomic E-state index is 0.321. The Morgan fingerprint density at radius 3 is 3.00 bits per heavy atom. The van der Waals surface area contributed by atoms with E-state index in [1.54, 1.807) is 20.1 Å². The van der Waals surface area contributed by atoms with Crippen LogP contribution in [0.15, 0.2) is 23.2 Å². The van der Waals surface area contributed by atoms with E-state index in [-0.39, 0.29) is 5.82 Å². The highest BCUT2D eigenvalue weighted by atomic mass is 32.1. The largest absolute Gasteiger partial charge is 0.383 e. The molecule has 0 radical (unpaired) electrons. The third-order valence-corrected chi connectivity index (χ3v) is 5.06. The summed E-state index contributed by atoms with van der Waals surface area (Å²) < 4.78 is 24.9. The molecule has 2 heterocycles.